The van der Waals surface area contributed by atoms with Crippen LogP contribution in [0.2, 0.25) is 0 Å². The summed E-state index contributed by atoms with van der Waals surface area (Å²) in [6, 6.07) is 30.6. The van der Waals surface area contributed by atoms with Gasteiger partial charge in [0.25, 0.3) is 0 Å². The van der Waals surface area contributed by atoms with E-state index >= 15 is 0 Å². The maximum atomic E-state index is 5.03. The fourth-order valence-corrected chi connectivity index (χ4v) is 10.1. The largest absolute Gasteiger partial charge is 0.260 e. The van der Waals surface area contributed by atoms with Gasteiger partial charge in [0.2, 0.25) is 0 Å². The molecule has 0 N–H and O–H groups in total. The van der Waals surface area contributed by atoms with Crippen molar-refractivity contribution in [2.45, 2.75) is 40.0 Å². The number of nitrogens with zero attached hydrogens (tertiary/aromatic N) is 2. The normalized spacial score (nSPS) is 13.6. The van der Waals surface area contributed by atoms with Gasteiger partial charge >= 0.3 is 0 Å². The number of allylic oxidation sites excluding steroid dienone is 4. The monoisotopic (exact) mass is 682 g/mol. The van der Waals surface area contributed by atoms with Gasteiger partial charge in [-0.3, -0.25) is 9.98 Å². The molecule has 0 aliphatic heterocycles. The third kappa shape index (κ3) is 5.59. The number of aryl methyl sites for hydroxylation is 2. The number of aliphatic imine (C=N–C) groups is 1. The number of thiophene rings is 2. The SMILES string of the molecule is C=C/C(=C\N=C(C)c1cccc2c(CC)c(/C=C\C)sc12)c1cccc2c(-c3ccc(-c4cccc5c6c(sc45)C=CCC6)nc3)cccc12. The highest BCUT2D eigenvalue weighted by Crippen LogP contribution is 2.41. The molecular formula is C46H38N2S2. The van der Waals surface area contributed by atoms with Gasteiger partial charge in [-0.2, -0.15) is 0 Å². The Hall–Kier alpha value is -5.16. The fraction of sp³-hybridized carbons (Fsp3) is 0.130. The van der Waals surface area contributed by atoms with Gasteiger partial charge < -0.3 is 0 Å². The fourth-order valence-electron chi connectivity index (χ4n) is 7.32. The maximum Gasteiger partial charge on any atom is 0.0716 e. The Balaban J connectivity index is 1.14. The van der Waals surface area contributed by atoms with Crippen LogP contribution < -0.4 is 0 Å². The van der Waals surface area contributed by atoms with Crippen molar-refractivity contribution in [3.05, 3.63) is 154 Å². The van der Waals surface area contributed by atoms with Crippen LogP contribution in [-0.2, 0) is 12.8 Å². The van der Waals surface area contributed by atoms with Crippen molar-refractivity contribution < 1.29 is 0 Å². The van der Waals surface area contributed by atoms with Crippen LogP contribution in [0.25, 0.3) is 71.1 Å². The third-order valence-corrected chi connectivity index (χ3v) is 12.3. The average Bonchev–Trinajstić information content (AvgIpc) is 3.73. The van der Waals surface area contributed by atoms with Crippen LogP contribution in [0.15, 0.2) is 127 Å². The molecule has 0 radical (unpaired) electrons. The Morgan fingerprint density at radius 3 is 2.38 bits per heavy atom. The van der Waals surface area contributed by atoms with Gasteiger partial charge in [0.05, 0.1) is 5.69 Å². The lowest BCUT2D eigenvalue weighted by Gasteiger charge is -2.12. The molecule has 50 heavy (non-hydrogen) atoms. The molecule has 3 aromatic heterocycles. The van der Waals surface area contributed by atoms with Crippen LogP contribution in [0.3, 0.4) is 0 Å². The zero-order valence-electron chi connectivity index (χ0n) is 28.7. The molecule has 244 valence electrons. The minimum absolute atomic E-state index is 0.990. The van der Waals surface area contributed by atoms with Gasteiger partial charge in [-0.05, 0) is 101 Å². The van der Waals surface area contributed by atoms with Gasteiger partial charge in [-0.15, -0.1) is 22.7 Å². The van der Waals surface area contributed by atoms with E-state index in [4.69, 9.17) is 9.98 Å². The number of fused-ring (bicyclic) bond motifs is 5. The molecule has 0 spiro atoms. The van der Waals surface area contributed by atoms with Crippen molar-refractivity contribution in [3.63, 3.8) is 0 Å². The summed E-state index contributed by atoms with van der Waals surface area (Å²) in [5, 5.41) is 5.05. The molecule has 4 heteroatoms. The van der Waals surface area contributed by atoms with Gasteiger partial charge in [-0.1, -0.05) is 111 Å². The summed E-state index contributed by atoms with van der Waals surface area (Å²) in [6.45, 7) is 10.6. The van der Waals surface area contributed by atoms with E-state index in [-0.39, 0.29) is 0 Å². The molecule has 8 rings (SSSR count). The summed E-state index contributed by atoms with van der Waals surface area (Å²) in [4.78, 5) is 12.8. The lowest BCUT2D eigenvalue weighted by Crippen LogP contribution is -1.94. The van der Waals surface area contributed by atoms with E-state index < -0.39 is 0 Å². The topological polar surface area (TPSA) is 25.2 Å². The molecule has 4 aromatic carbocycles. The molecule has 3 heterocycles. The van der Waals surface area contributed by atoms with Crippen LogP contribution in [0.1, 0.15) is 59.2 Å². The number of pyridine rings is 1. The van der Waals surface area contributed by atoms with E-state index in [1.165, 1.54) is 63.0 Å². The van der Waals surface area contributed by atoms with Crippen molar-refractivity contribution in [1.29, 1.82) is 0 Å². The van der Waals surface area contributed by atoms with E-state index in [9.17, 15) is 0 Å². The van der Waals surface area contributed by atoms with E-state index in [0.717, 1.165) is 52.9 Å². The van der Waals surface area contributed by atoms with Crippen LogP contribution in [-0.4, -0.2) is 10.7 Å². The highest BCUT2D eigenvalue weighted by atomic mass is 32.1. The van der Waals surface area contributed by atoms with Crippen molar-refractivity contribution in [2.24, 2.45) is 4.99 Å². The predicted molar refractivity (Wildman–Crippen MR) is 222 cm³/mol. The van der Waals surface area contributed by atoms with Gasteiger partial charge in [0, 0.05) is 54.0 Å². The highest BCUT2D eigenvalue weighted by Gasteiger charge is 2.17. The minimum Gasteiger partial charge on any atom is -0.260 e. The maximum absolute atomic E-state index is 5.03. The third-order valence-electron chi connectivity index (χ3n) is 9.79. The Labute approximate surface area is 302 Å². The first-order chi connectivity index (χ1) is 24.6. The number of aromatic nitrogens is 1. The number of hydrogen-bond donors (Lipinski definition) is 0. The minimum atomic E-state index is 0.990. The van der Waals surface area contributed by atoms with E-state index in [2.05, 4.69) is 137 Å². The Morgan fingerprint density at radius 1 is 0.840 bits per heavy atom. The molecule has 0 saturated heterocycles. The standard InChI is InChI=1S/C46H38N2S2/c1-5-14-43-32(7-3)39-21-10-16-33(45(39)49-43)29(4)47-27-30(6-2)34-17-11-20-37-35(18-12-19-36(34)37)31-25-26-42(48-28-31)41-23-13-22-40-38-15-8-9-24-44(38)50-46(40)41/h5-6,9-14,16-28H,2,7-8,15H2,1,3-4H3/b14-5-,30-27+,47-29?. The molecule has 0 bridgehead atoms. The average molecular weight is 683 g/mol. The van der Waals surface area contributed by atoms with Gasteiger partial charge in [-0.25, -0.2) is 0 Å². The Bertz CT molecular complexity index is 2550. The molecule has 0 saturated carbocycles. The van der Waals surface area contributed by atoms with Crippen LogP contribution in [0.4, 0.5) is 0 Å². The summed E-state index contributed by atoms with van der Waals surface area (Å²) in [5.74, 6) is 0. The first-order valence-corrected chi connectivity index (χ1v) is 19.0. The Morgan fingerprint density at radius 2 is 1.60 bits per heavy atom. The Kier molecular flexibility index (Phi) is 8.74. The molecule has 0 unspecified atom stereocenters. The van der Waals surface area contributed by atoms with E-state index in [1.54, 1.807) is 0 Å². The van der Waals surface area contributed by atoms with Crippen molar-refractivity contribution in [2.75, 3.05) is 0 Å². The second kappa shape index (κ2) is 13.6. The van der Waals surface area contributed by atoms with Crippen molar-refractivity contribution >= 4 is 77.1 Å². The summed E-state index contributed by atoms with van der Waals surface area (Å²) < 4.78 is 2.63. The highest BCUT2D eigenvalue weighted by molar-refractivity contribution is 7.21. The zero-order valence-corrected chi connectivity index (χ0v) is 30.3. The van der Waals surface area contributed by atoms with Crippen LogP contribution in [0.5, 0.6) is 0 Å². The molecule has 0 fully saturated rings. The molecule has 0 atom stereocenters. The number of rotatable bonds is 8. The first-order valence-electron chi connectivity index (χ1n) is 17.3. The summed E-state index contributed by atoms with van der Waals surface area (Å²) in [6.07, 6.45) is 18.1. The van der Waals surface area contributed by atoms with Crippen LogP contribution in [0, 0.1) is 0 Å². The van der Waals surface area contributed by atoms with Crippen molar-refractivity contribution in [1.82, 2.24) is 4.98 Å². The van der Waals surface area contributed by atoms with Crippen LogP contribution >= 0.6 is 22.7 Å². The molecule has 1 aliphatic carbocycles. The predicted octanol–water partition coefficient (Wildman–Crippen LogP) is 13.6. The molecule has 0 amide bonds. The van der Waals surface area contributed by atoms with Gasteiger partial charge in [0.15, 0.2) is 0 Å². The zero-order chi connectivity index (χ0) is 34.2. The quantitative estimate of drug-likeness (QED) is 0.116. The molecule has 2 nitrogen and oxygen atoms in total. The first kappa shape index (κ1) is 32.1. The summed E-state index contributed by atoms with van der Waals surface area (Å²) in [7, 11) is 0. The number of hydrogen-bond acceptors (Lipinski definition) is 4. The number of benzene rings is 4. The van der Waals surface area contributed by atoms with Gasteiger partial charge in [0.1, 0.15) is 0 Å². The molecular weight excluding hydrogens is 645 g/mol. The smallest absolute Gasteiger partial charge is 0.0716 e. The summed E-state index contributed by atoms with van der Waals surface area (Å²) >= 11 is 3.74. The van der Waals surface area contributed by atoms with E-state index in [0.29, 0.717) is 0 Å². The second-order valence-electron chi connectivity index (χ2n) is 12.7. The van der Waals surface area contributed by atoms with Crippen molar-refractivity contribution in [3.8, 4) is 22.4 Å². The molecule has 1 aliphatic rings. The lowest BCUT2D eigenvalue weighted by atomic mass is 9.93. The second-order valence-corrected chi connectivity index (χ2v) is 14.8. The molecule has 7 aromatic rings. The lowest BCUT2D eigenvalue weighted by molar-refractivity contribution is 1.01. The summed E-state index contributed by atoms with van der Waals surface area (Å²) in [5.41, 5.74) is 11.6. The van der Waals surface area contributed by atoms with E-state index in [1.807, 2.05) is 41.1 Å².